The molecule has 0 saturated heterocycles. The number of aryl methyl sites for hydroxylation is 1. The van der Waals surface area contributed by atoms with Gasteiger partial charge in [0, 0.05) is 18.7 Å². The van der Waals surface area contributed by atoms with E-state index in [1.54, 1.807) is 27.5 Å². The summed E-state index contributed by atoms with van der Waals surface area (Å²) in [6, 6.07) is 2.21. The SMILES string of the molecule is COc1cc2c(c(OC)c1OC)CCN(C(C)c1ncc(C)o1)CC2. The number of aromatic nitrogens is 1. The Morgan fingerprint density at radius 3 is 2.40 bits per heavy atom. The normalized spacial score (nSPS) is 16.0. The maximum atomic E-state index is 5.72. The van der Waals surface area contributed by atoms with Crippen molar-refractivity contribution < 1.29 is 18.6 Å². The molecule has 3 rings (SSSR count). The molecule has 0 amide bonds. The van der Waals surface area contributed by atoms with E-state index in [2.05, 4.69) is 22.9 Å². The van der Waals surface area contributed by atoms with Crippen LogP contribution >= 0.6 is 0 Å². The second-order valence-electron chi connectivity index (χ2n) is 6.30. The fraction of sp³-hybridized carbons (Fsp3) is 0.526. The van der Waals surface area contributed by atoms with E-state index in [1.165, 1.54) is 11.1 Å². The topological polar surface area (TPSA) is 57.0 Å². The van der Waals surface area contributed by atoms with Crippen LogP contribution in [0.2, 0.25) is 0 Å². The Labute approximate surface area is 148 Å². The lowest BCUT2D eigenvalue weighted by atomic mass is 10.0. The molecule has 0 N–H and O–H groups in total. The van der Waals surface area contributed by atoms with Crippen LogP contribution in [0.4, 0.5) is 0 Å². The number of benzene rings is 1. The van der Waals surface area contributed by atoms with Gasteiger partial charge in [-0.1, -0.05) is 0 Å². The minimum absolute atomic E-state index is 0.137. The molecule has 6 nitrogen and oxygen atoms in total. The van der Waals surface area contributed by atoms with E-state index >= 15 is 0 Å². The average molecular weight is 346 g/mol. The lowest BCUT2D eigenvalue weighted by Gasteiger charge is -2.25. The second kappa shape index (κ2) is 7.35. The first-order valence-corrected chi connectivity index (χ1v) is 8.56. The van der Waals surface area contributed by atoms with Crippen LogP contribution in [0, 0.1) is 6.92 Å². The van der Waals surface area contributed by atoms with Crippen molar-refractivity contribution >= 4 is 0 Å². The first-order valence-electron chi connectivity index (χ1n) is 8.56. The van der Waals surface area contributed by atoms with Crippen LogP contribution in [0.3, 0.4) is 0 Å². The number of nitrogens with zero attached hydrogens (tertiary/aromatic N) is 2. The van der Waals surface area contributed by atoms with Gasteiger partial charge in [-0.05, 0) is 38.3 Å². The van der Waals surface area contributed by atoms with E-state index in [1.807, 2.05) is 6.92 Å². The number of ether oxygens (including phenoxy) is 3. The van der Waals surface area contributed by atoms with Gasteiger partial charge in [0.15, 0.2) is 11.5 Å². The molecule has 1 aromatic carbocycles. The molecular weight excluding hydrogens is 320 g/mol. The highest BCUT2D eigenvalue weighted by Gasteiger charge is 2.27. The number of fused-ring (bicyclic) bond motifs is 1. The molecule has 0 spiro atoms. The first kappa shape index (κ1) is 17.6. The van der Waals surface area contributed by atoms with Crippen molar-refractivity contribution in [3.8, 4) is 17.2 Å². The summed E-state index contributed by atoms with van der Waals surface area (Å²) < 4.78 is 22.4. The molecule has 0 bridgehead atoms. The van der Waals surface area contributed by atoms with Gasteiger partial charge in [-0.25, -0.2) is 4.98 Å². The number of hydrogen-bond acceptors (Lipinski definition) is 6. The van der Waals surface area contributed by atoms with Gasteiger partial charge >= 0.3 is 0 Å². The zero-order chi connectivity index (χ0) is 18.0. The molecule has 25 heavy (non-hydrogen) atoms. The largest absolute Gasteiger partial charge is 0.493 e. The van der Waals surface area contributed by atoms with Crippen molar-refractivity contribution in [1.82, 2.24) is 9.88 Å². The summed E-state index contributed by atoms with van der Waals surface area (Å²) in [6.07, 6.45) is 3.57. The molecule has 2 aromatic rings. The zero-order valence-electron chi connectivity index (χ0n) is 15.6. The van der Waals surface area contributed by atoms with Gasteiger partial charge in [0.1, 0.15) is 5.76 Å². The molecule has 1 aliphatic heterocycles. The van der Waals surface area contributed by atoms with E-state index in [4.69, 9.17) is 18.6 Å². The van der Waals surface area contributed by atoms with Crippen LogP contribution in [-0.2, 0) is 12.8 Å². The van der Waals surface area contributed by atoms with Crippen molar-refractivity contribution in [1.29, 1.82) is 0 Å². The molecule has 0 aliphatic carbocycles. The van der Waals surface area contributed by atoms with Gasteiger partial charge in [0.05, 0.1) is 33.6 Å². The summed E-state index contributed by atoms with van der Waals surface area (Å²) in [5, 5.41) is 0. The molecule has 136 valence electrons. The quantitative estimate of drug-likeness (QED) is 0.829. The summed E-state index contributed by atoms with van der Waals surface area (Å²) in [4.78, 5) is 6.78. The molecule has 6 heteroatoms. The summed E-state index contributed by atoms with van der Waals surface area (Å²) in [7, 11) is 4.97. The third kappa shape index (κ3) is 3.31. The highest BCUT2D eigenvalue weighted by molar-refractivity contribution is 5.59. The summed E-state index contributed by atoms with van der Waals surface area (Å²) >= 11 is 0. The standard InChI is InChI=1S/C19H26N2O4/c1-12-11-20-19(25-12)13(2)21-8-6-14-10-16(22-3)18(24-5)17(23-4)15(14)7-9-21/h10-11,13H,6-9H2,1-5H3. The summed E-state index contributed by atoms with van der Waals surface area (Å²) in [6.45, 7) is 5.89. The number of hydrogen-bond donors (Lipinski definition) is 0. The molecular formula is C19H26N2O4. The third-order valence-corrected chi connectivity index (χ3v) is 4.89. The fourth-order valence-electron chi connectivity index (χ4n) is 3.50. The Morgan fingerprint density at radius 1 is 1.08 bits per heavy atom. The van der Waals surface area contributed by atoms with Gasteiger partial charge in [-0.3, -0.25) is 4.90 Å². The number of oxazole rings is 1. The molecule has 1 aliphatic rings. The molecule has 1 aromatic heterocycles. The van der Waals surface area contributed by atoms with E-state index < -0.39 is 0 Å². The van der Waals surface area contributed by atoms with Crippen molar-refractivity contribution in [3.05, 3.63) is 35.0 Å². The first-order chi connectivity index (χ1) is 12.1. The van der Waals surface area contributed by atoms with Crippen LogP contribution in [0.1, 0.15) is 35.7 Å². The van der Waals surface area contributed by atoms with Crippen LogP contribution in [0.15, 0.2) is 16.7 Å². The molecule has 0 fully saturated rings. The molecule has 0 radical (unpaired) electrons. The van der Waals surface area contributed by atoms with Gasteiger partial charge in [-0.15, -0.1) is 0 Å². The molecule has 1 atom stereocenters. The molecule has 1 unspecified atom stereocenters. The van der Waals surface area contributed by atoms with Crippen LogP contribution in [0.25, 0.3) is 0 Å². The highest BCUT2D eigenvalue weighted by Crippen LogP contribution is 2.43. The van der Waals surface area contributed by atoms with Crippen molar-refractivity contribution in [3.63, 3.8) is 0 Å². The van der Waals surface area contributed by atoms with E-state index in [0.29, 0.717) is 11.5 Å². The lowest BCUT2D eigenvalue weighted by Crippen LogP contribution is -2.29. The van der Waals surface area contributed by atoms with Crippen molar-refractivity contribution in [2.45, 2.75) is 32.7 Å². The van der Waals surface area contributed by atoms with Gasteiger partial charge in [-0.2, -0.15) is 0 Å². The average Bonchev–Trinajstić information content (AvgIpc) is 2.95. The number of methoxy groups -OCH3 is 3. The second-order valence-corrected chi connectivity index (χ2v) is 6.30. The Balaban J connectivity index is 1.89. The Hall–Kier alpha value is -2.21. The van der Waals surface area contributed by atoms with Gasteiger partial charge in [0.2, 0.25) is 11.6 Å². The monoisotopic (exact) mass is 346 g/mol. The van der Waals surface area contributed by atoms with E-state index in [-0.39, 0.29) is 6.04 Å². The van der Waals surface area contributed by atoms with Crippen LogP contribution in [0.5, 0.6) is 17.2 Å². The highest BCUT2D eigenvalue weighted by atomic mass is 16.5. The molecule has 2 heterocycles. The predicted molar refractivity (Wildman–Crippen MR) is 94.7 cm³/mol. The Kier molecular flexibility index (Phi) is 5.18. The smallest absolute Gasteiger partial charge is 0.211 e. The summed E-state index contributed by atoms with van der Waals surface area (Å²) in [5.41, 5.74) is 2.44. The lowest BCUT2D eigenvalue weighted by molar-refractivity contribution is 0.189. The van der Waals surface area contributed by atoms with Crippen molar-refractivity contribution in [2.24, 2.45) is 0 Å². The van der Waals surface area contributed by atoms with E-state index in [9.17, 15) is 0 Å². The maximum Gasteiger partial charge on any atom is 0.211 e. The minimum Gasteiger partial charge on any atom is -0.493 e. The Bertz CT molecular complexity index is 741. The van der Waals surface area contributed by atoms with Crippen LogP contribution in [-0.4, -0.2) is 44.3 Å². The van der Waals surface area contributed by atoms with Gasteiger partial charge in [0.25, 0.3) is 0 Å². The Morgan fingerprint density at radius 2 is 1.80 bits per heavy atom. The third-order valence-electron chi connectivity index (χ3n) is 4.89. The summed E-state index contributed by atoms with van der Waals surface area (Å²) in [5.74, 6) is 3.76. The number of rotatable bonds is 5. The van der Waals surface area contributed by atoms with Crippen molar-refractivity contribution in [2.75, 3.05) is 34.4 Å². The predicted octanol–water partition coefficient (Wildman–Crippen LogP) is 3.17. The fourth-order valence-corrected chi connectivity index (χ4v) is 3.50. The minimum atomic E-state index is 0.137. The van der Waals surface area contributed by atoms with Crippen LogP contribution < -0.4 is 14.2 Å². The molecule has 0 saturated carbocycles. The zero-order valence-corrected chi connectivity index (χ0v) is 15.6. The maximum absolute atomic E-state index is 5.72. The van der Waals surface area contributed by atoms with Gasteiger partial charge < -0.3 is 18.6 Å². The van der Waals surface area contributed by atoms with E-state index in [0.717, 1.165) is 43.3 Å².